The minimum absolute atomic E-state index is 0.0108. The van der Waals surface area contributed by atoms with Crippen molar-refractivity contribution in [1.82, 2.24) is 10.2 Å². The molecule has 16 heavy (non-hydrogen) atoms. The summed E-state index contributed by atoms with van der Waals surface area (Å²) in [4.78, 5) is 13.5. The molecule has 5 nitrogen and oxygen atoms in total. The third kappa shape index (κ3) is 5.32. The molecule has 0 aromatic rings. The van der Waals surface area contributed by atoms with Crippen molar-refractivity contribution in [3.63, 3.8) is 0 Å². The van der Waals surface area contributed by atoms with E-state index in [2.05, 4.69) is 10.2 Å². The van der Waals surface area contributed by atoms with Gasteiger partial charge in [-0.1, -0.05) is 6.92 Å². The first-order valence-electron chi connectivity index (χ1n) is 5.97. The SMILES string of the molecule is CCC(C)OC(=O)NCCN1CCOCC1. The second kappa shape index (κ2) is 7.46. The van der Waals surface area contributed by atoms with Crippen LogP contribution in [0.4, 0.5) is 4.79 Å². The second-order valence-electron chi connectivity index (χ2n) is 4.00. The van der Waals surface area contributed by atoms with Gasteiger partial charge in [0.25, 0.3) is 0 Å². The molecule has 0 aliphatic carbocycles. The Kier molecular flexibility index (Phi) is 6.18. The molecule has 1 unspecified atom stereocenters. The zero-order valence-corrected chi connectivity index (χ0v) is 10.2. The van der Waals surface area contributed by atoms with Gasteiger partial charge in [-0.2, -0.15) is 0 Å². The fourth-order valence-electron chi connectivity index (χ4n) is 1.45. The molecule has 0 bridgehead atoms. The quantitative estimate of drug-likeness (QED) is 0.760. The van der Waals surface area contributed by atoms with Crippen molar-refractivity contribution in [3.05, 3.63) is 0 Å². The third-order valence-electron chi connectivity index (χ3n) is 2.68. The summed E-state index contributed by atoms with van der Waals surface area (Å²) in [6.07, 6.45) is 0.516. The Morgan fingerprint density at radius 2 is 2.19 bits per heavy atom. The van der Waals surface area contributed by atoms with Crippen molar-refractivity contribution >= 4 is 6.09 Å². The summed E-state index contributed by atoms with van der Waals surface area (Å²) < 4.78 is 10.3. The predicted molar refractivity (Wildman–Crippen MR) is 61.5 cm³/mol. The zero-order valence-electron chi connectivity index (χ0n) is 10.2. The Morgan fingerprint density at radius 1 is 1.50 bits per heavy atom. The molecule has 0 spiro atoms. The Morgan fingerprint density at radius 3 is 2.81 bits per heavy atom. The van der Waals surface area contributed by atoms with E-state index in [-0.39, 0.29) is 12.2 Å². The number of nitrogens with zero attached hydrogens (tertiary/aromatic N) is 1. The van der Waals surface area contributed by atoms with E-state index in [4.69, 9.17) is 9.47 Å². The lowest BCUT2D eigenvalue weighted by molar-refractivity contribution is 0.0379. The van der Waals surface area contributed by atoms with Crippen molar-refractivity contribution in [3.8, 4) is 0 Å². The van der Waals surface area contributed by atoms with Crippen LogP contribution >= 0.6 is 0 Å². The second-order valence-corrected chi connectivity index (χ2v) is 4.00. The van der Waals surface area contributed by atoms with E-state index in [0.29, 0.717) is 6.54 Å². The van der Waals surface area contributed by atoms with Crippen LogP contribution in [0, 0.1) is 0 Å². The molecule has 0 aromatic heterocycles. The van der Waals surface area contributed by atoms with E-state index >= 15 is 0 Å². The number of hydrogen-bond donors (Lipinski definition) is 1. The molecular weight excluding hydrogens is 208 g/mol. The molecule has 1 N–H and O–H groups in total. The van der Waals surface area contributed by atoms with Gasteiger partial charge in [-0.05, 0) is 13.3 Å². The molecule has 0 saturated carbocycles. The number of morpholine rings is 1. The van der Waals surface area contributed by atoms with Gasteiger partial charge in [0.1, 0.15) is 6.10 Å². The van der Waals surface area contributed by atoms with Crippen molar-refractivity contribution in [2.45, 2.75) is 26.4 Å². The smallest absolute Gasteiger partial charge is 0.407 e. The predicted octanol–water partition coefficient (Wildman–Crippen LogP) is 0.843. The molecule has 1 rings (SSSR count). The molecule has 1 fully saturated rings. The summed E-state index contributed by atoms with van der Waals surface area (Å²) in [5, 5.41) is 2.75. The van der Waals surface area contributed by atoms with Crippen LogP contribution in [0.15, 0.2) is 0 Å². The molecule has 94 valence electrons. The highest BCUT2D eigenvalue weighted by Crippen LogP contribution is 1.97. The van der Waals surface area contributed by atoms with Crippen molar-refractivity contribution in [1.29, 1.82) is 0 Å². The molecule has 1 heterocycles. The Bertz CT molecular complexity index is 205. The van der Waals surface area contributed by atoms with Crippen LogP contribution in [-0.2, 0) is 9.47 Å². The maximum atomic E-state index is 11.3. The van der Waals surface area contributed by atoms with Crippen molar-refractivity contribution < 1.29 is 14.3 Å². The average Bonchev–Trinajstić information content (AvgIpc) is 2.30. The zero-order chi connectivity index (χ0) is 11.8. The minimum Gasteiger partial charge on any atom is -0.447 e. The summed E-state index contributed by atoms with van der Waals surface area (Å²) in [5.74, 6) is 0. The van der Waals surface area contributed by atoms with Crippen molar-refractivity contribution in [2.24, 2.45) is 0 Å². The highest BCUT2D eigenvalue weighted by Gasteiger charge is 2.11. The number of hydrogen-bond acceptors (Lipinski definition) is 4. The van der Waals surface area contributed by atoms with Crippen LogP contribution in [-0.4, -0.2) is 56.5 Å². The lowest BCUT2D eigenvalue weighted by atomic mass is 10.3. The number of nitrogens with one attached hydrogen (secondary N) is 1. The molecule has 1 aliphatic heterocycles. The number of carbonyl (C=O) groups excluding carboxylic acids is 1. The van der Waals surface area contributed by atoms with E-state index < -0.39 is 0 Å². The maximum Gasteiger partial charge on any atom is 0.407 e. The minimum atomic E-state index is -0.317. The summed E-state index contributed by atoms with van der Waals surface area (Å²) in [6.45, 7) is 8.85. The number of amides is 1. The van der Waals surface area contributed by atoms with Crippen LogP contribution in [0.1, 0.15) is 20.3 Å². The van der Waals surface area contributed by atoms with Crippen LogP contribution in [0.2, 0.25) is 0 Å². The number of carbonyl (C=O) groups is 1. The van der Waals surface area contributed by atoms with E-state index in [9.17, 15) is 4.79 Å². The number of rotatable bonds is 5. The lowest BCUT2D eigenvalue weighted by Crippen LogP contribution is -2.41. The van der Waals surface area contributed by atoms with Crippen LogP contribution in [0.5, 0.6) is 0 Å². The maximum absolute atomic E-state index is 11.3. The third-order valence-corrected chi connectivity index (χ3v) is 2.68. The normalized spacial score (nSPS) is 19.1. The first kappa shape index (κ1) is 13.3. The van der Waals surface area contributed by atoms with Gasteiger partial charge in [0, 0.05) is 26.2 Å². The first-order valence-corrected chi connectivity index (χ1v) is 5.97. The molecule has 5 heteroatoms. The first-order chi connectivity index (χ1) is 7.72. The van der Waals surface area contributed by atoms with Gasteiger partial charge in [0.15, 0.2) is 0 Å². The average molecular weight is 230 g/mol. The van der Waals surface area contributed by atoms with Gasteiger partial charge >= 0.3 is 6.09 Å². The molecule has 1 aliphatic rings. The Balaban J connectivity index is 2.03. The van der Waals surface area contributed by atoms with Crippen LogP contribution in [0.25, 0.3) is 0 Å². The summed E-state index contributed by atoms with van der Waals surface area (Å²) in [6, 6.07) is 0. The van der Waals surface area contributed by atoms with Gasteiger partial charge < -0.3 is 14.8 Å². The van der Waals surface area contributed by atoms with Crippen LogP contribution in [0.3, 0.4) is 0 Å². The molecule has 1 amide bonds. The summed E-state index contributed by atoms with van der Waals surface area (Å²) >= 11 is 0. The van der Waals surface area contributed by atoms with Gasteiger partial charge in [0.2, 0.25) is 0 Å². The Labute approximate surface area is 97.1 Å². The molecule has 1 atom stereocenters. The van der Waals surface area contributed by atoms with E-state index in [1.165, 1.54) is 0 Å². The monoisotopic (exact) mass is 230 g/mol. The lowest BCUT2D eigenvalue weighted by Gasteiger charge is -2.26. The van der Waals surface area contributed by atoms with E-state index in [1.807, 2.05) is 13.8 Å². The van der Waals surface area contributed by atoms with Crippen LogP contribution < -0.4 is 5.32 Å². The molecule has 1 saturated heterocycles. The topological polar surface area (TPSA) is 50.8 Å². The fourth-order valence-corrected chi connectivity index (χ4v) is 1.45. The van der Waals surface area contributed by atoms with Gasteiger partial charge in [-0.15, -0.1) is 0 Å². The fraction of sp³-hybridized carbons (Fsp3) is 0.909. The largest absolute Gasteiger partial charge is 0.447 e. The standard InChI is InChI=1S/C11H22N2O3/c1-3-10(2)16-11(14)12-4-5-13-6-8-15-9-7-13/h10H,3-9H2,1-2H3,(H,12,14). The summed E-state index contributed by atoms with van der Waals surface area (Å²) in [5.41, 5.74) is 0. The van der Waals surface area contributed by atoms with Gasteiger partial charge in [0.05, 0.1) is 13.2 Å². The molecule has 0 aromatic carbocycles. The Hall–Kier alpha value is -0.810. The molecular formula is C11H22N2O3. The van der Waals surface area contributed by atoms with E-state index in [1.54, 1.807) is 0 Å². The highest BCUT2D eigenvalue weighted by atomic mass is 16.6. The number of ether oxygens (including phenoxy) is 2. The summed E-state index contributed by atoms with van der Waals surface area (Å²) in [7, 11) is 0. The van der Waals surface area contributed by atoms with Gasteiger partial charge in [-0.3, -0.25) is 4.90 Å². The van der Waals surface area contributed by atoms with Crippen molar-refractivity contribution in [2.75, 3.05) is 39.4 Å². The van der Waals surface area contributed by atoms with Gasteiger partial charge in [-0.25, -0.2) is 4.79 Å². The highest BCUT2D eigenvalue weighted by molar-refractivity contribution is 5.67. The van der Waals surface area contributed by atoms with E-state index in [0.717, 1.165) is 39.3 Å². The molecule has 0 radical (unpaired) electrons. The number of alkyl carbamates (subject to hydrolysis) is 1.